The van der Waals surface area contributed by atoms with E-state index in [2.05, 4.69) is 41.5 Å². The van der Waals surface area contributed by atoms with Crippen LogP contribution >= 0.6 is 0 Å². The molecule has 0 spiro atoms. The number of benzene rings is 3. The average molecular weight is 1210 g/mol. The fourth-order valence-corrected chi connectivity index (χ4v) is 11.7. The maximum Gasteiger partial charge on any atom is 0.416 e. The summed E-state index contributed by atoms with van der Waals surface area (Å²) in [6, 6.07) is 14.7. The Labute approximate surface area is 512 Å². The van der Waals surface area contributed by atoms with E-state index in [1.165, 1.54) is 26.5 Å². The molecule has 2 heterocycles. The number of nitrogens with zero attached hydrogens (tertiary/aromatic N) is 3. The molecular weight excluding hydrogens is 1130 g/mol. The highest BCUT2D eigenvalue weighted by atomic mass is 16.6. The first kappa shape index (κ1) is 66.8. The number of ether oxygens (including phenoxy) is 1. The number of nitrogens with one attached hydrogen (secondary N) is 7. The summed E-state index contributed by atoms with van der Waals surface area (Å²) >= 11 is 0. The minimum Gasteiger partial charge on any atom is -0.448 e. The van der Waals surface area contributed by atoms with Crippen LogP contribution in [0.15, 0.2) is 91.5 Å². The van der Waals surface area contributed by atoms with Gasteiger partial charge in [0.2, 0.25) is 41.4 Å². The number of ketones is 1. The monoisotopic (exact) mass is 1210 g/mol. The fourth-order valence-electron chi connectivity index (χ4n) is 11.7. The first-order valence-electron chi connectivity index (χ1n) is 30.3. The molecule has 9 amide bonds. The van der Waals surface area contributed by atoms with Crippen LogP contribution in [0.1, 0.15) is 121 Å². The van der Waals surface area contributed by atoms with Gasteiger partial charge in [-0.05, 0) is 77.8 Å². The van der Waals surface area contributed by atoms with Gasteiger partial charge < -0.3 is 63.4 Å². The summed E-state index contributed by atoms with van der Waals surface area (Å²) in [5.41, 5.74) is 22.8. The summed E-state index contributed by atoms with van der Waals surface area (Å²) in [6.45, 7) is 7.29. The zero-order valence-corrected chi connectivity index (χ0v) is 51.0. The van der Waals surface area contributed by atoms with E-state index < -0.39 is 114 Å². The molecule has 3 aromatic carbocycles. The smallest absolute Gasteiger partial charge is 0.416 e. The average Bonchev–Trinajstić information content (AvgIpc) is 1.87. The van der Waals surface area contributed by atoms with Crippen LogP contribution in [0.2, 0.25) is 0 Å². The van der Waals surface area contributed by atoms with Gasteiger partial charge in [0.05, 0.1) is 31.5 Å². The van der Waals surface area contributed by atoms with Gasteiger partial charge in [-0.25, -0.2) is 14.7 Å². The quantitative estimate of drug-likeness (QED) is 0.0304. The minimum atomic E-state index is -1.48. The van der Waals surface area contributed by atoms with E-state index in [4.69, 9.17) is 21.9 Å². The van der Waals surface area contributed by atoms with Gasteiger partial charge in [-0.3, -0.25) is 43.2 Å². The second kappa shape index (κ2) is 31.2. The number of aromatic amines is 2. The Morgan fingerprint density at radius 2 is 1.34 bits per heavy atom. The first-order valence-corrected chi connectivity index (χ1v) is 30.3. The lowest BCUT2D eigenvalue weighted by Crippen LogP contribution is -2.59. The molecule has 13 N–H and O–H groups in total. The number of primary amides is 1. The number of para-hydroxylation sites is 1. The third-order valence-corrected chi connectivity index (χ3v) is 16.6. The van der Waals surface area contributed by atoms with Gasteiger partial charge in [0, 0.05) is 73.7 Å². The highest BCUT2D eigenvalue weighted by Crippen LogP contribution is 2.44. The van der Waals surface area contributed by atoms with Gasteiger partial charge in [-0.2, -0.15) is 0 Å². The number of likely N-dealkylation sites (N-methyl/N-ethyl adjacent to an activating group) is 1. The van der Waals surface area contributed by atoms with Crippen molar-refractivity contribution in [3.63, 3.8) is 0 Å². The number of hydrogen-bond acceptors (Lipinski definition) is 14. The van der Waals surface area contributed by atoms with Crippen LogP contribution in [-0.2, 0) is 60.7 Å². The van der Waals surface area contributed by atoms with Crippen molar-refractivity contribution in [2.24, 2.45) is 35.0 Å². The van der Waals surface area contributed by atoms with Crippen molar-refractivity contribution < 1.29 is 52.7 Å². The van der Waals surface area contributed by atoms with E-state index in [0.29, 0.717) is 17.7 Å². The summed E-state index contributed by atoms with van der Waals surface area (Å²) in [6.07, 6.45) is 7.27. The number of amides is 9. The normalized spacial score (nSPS) is 15.4. The van der Waals surface area contributed by atoms with Crippen LogP contribution in [-0.4, -0.2) is 153 Å². The second-order valence-corrected chi connectivity index (χ2v) is 23.8. The topological polar surface area (TPSA) is 369 Å². The van der Waals surface area contributed by atoms with E-state index in [1.807, 2.05) is 72.8 Å². The molecule has 7 atom stereocenters. The molecule has 0 radical (unpaired) electrons. The van der Waals surface area contributed by atoms with Crippen LogP contribution in [0.5, 0.6) is 0 Å². The second-order valence-electron chi connectivity index (χ2n) is 23.8. The van der Waals surface area contributed by atoms with Crippen molar-refractivity contribution in [2.75, 3.05) is 26.7 Å². The lowest BCUT2D eigenvalue weighted by molar-refractivity contribution is -0.141. The van der Waals surface area contributed by atoms with Gasteiger partial charge >= 0.3 is 6.09 Å². The van der Waals surface area contributed by atoms with Crippen molar-refractivity contribution in [3.05, 3.63) is 114 Å². The predicted octanol–water partition coefficient (Wildman–Crippen LogP) is 3.52. The summed E-state index contributed by atoms with van der Waals surface area (Å²) in [4.78, 5) is 151. The summed E-state index contributed by atoms with van der Waals surface area (Å²) in [7, 11) is 1.34. The van der Waals surface area contributed by atoms with Gasteiger partial charge in [0.1, 0.15) is 30.8 Å². The van der Waals surface area contributed by atoms with Crippen molar-refractivity contribution in [2.45, 2.75) is 153 Å². The number of H-pyrrole nitrogens is 2. The molecular formula is C64H85N13O11. The van der Waals surface area contributed by atoms with Gasteiger partial charge in [0.15, 0.2) is 5.78 Å². The maximum absolute atomic E-state index is 15.4. The molecule has 0 aliphatic heterocycles. The van der Waals surface area contributed by atoms with E-state index in [9.17, 15) is 43.2 Å². The van der Waals surface area contributed by atoms with Crippen LogP contribution in [0, 0.1) is 17.8 Å². The molecule has 0 bridgehead atoms. The molecule has 1 fully saturated rings. The largest absolute Gasteiger partial charge is 0.448 e. The molecule has 0 unspecified atom stereocenters. The molecule has 24 nitrogen and oxygen atoms in total. The van der Waals surface area contributed by atoms with Crippen molar-refractivity contribution >= 4 is 70.0 Å². The zero-order valence-electron chi connectivity index (χ0n) is 51.0. The first-order chi connectivity index (χ1) is 42.0. The summed E-state index contributed by atoms with van der Waals surface area (Å²) < 4.78 is 6.16. The highest BCUT2D eigenvalue weighted by Gasteiger charge is 2.41. The molecule has 5 aromatic rings. The van der Waals surface area contributed by atoms with Crippen LogP contribution in [0.4, 0.5) is 4.79 Å². The number of fused-ring (bicyclic) bond motifs is 4. The zero-order chi connectivity index (χ0) is 63.8. The lowest BCUT2D eigenvalue weighted by atomic mass is 9.94. The molecule has 2 aliphatic carbocycles. The molecule has 7 rings (SSSR count). The van der Waals surface area contributed by atoms with Crippen LogP contribution in [0.3, 0.4) is 0 Å². The van der Waals surface area contributed by atoms with Crippen molar-refractivity contribution in [3.8, 4) is 11.1 Å². The Kier molecular flexibility index (Phi) is 23.7. The van der Waals surface area contributed by atoms with E-state index in [1.54, 1.807) is 33.9 Å². The van der Waals surface area contributed by atoms with Gasteiger partial charge in [0.25, 0.3) is 5.91 Å². The number of aromatic nitrogens is 3. The molecule has 2 aromatic heterocycles. The Balaban J connectivity index is 1.07. The SMILES string of the molecule is CC(C)[C@H](NC(=O)[C@H](C)NC(=O)[C@H](Cc1c[nH]c2ccccc12)NC(=O)[C@@H](N)CCC(N)=O)C(=O)N(C)CC(=O)N[C@@H](Cc1cnc[nH]1)C(=O)N(C(=O)OCC1c2ccccc2-c2ccccc21)[C@H](CCC(=O)N[C@@H](CC1CCCC1)C(=O)CN)C(C)C. The van der Waals surface area contributed by atoms with E-state index in [0.717, 1.165) is 68.6 Å². The fraction of sp³-hybridized carbons (Fsp3) is 0.484. The Hall–Kier alpha value is -8.77. The number of hydrogen-bond donors (Lipinski definition) is 10. The lowest BCUT2D eigenvalue weighted by Gasteiger charge is -2.35. The van der Waals surface area contributed by atoms with Crippen molar-refractivity contribution in [1.82, 2.24) is 51.3 Å². The number of rotatable bonds is 31. The van der Waals surface area contributed by atoms with E-state index >= 15 is 4.79 Å². The Bertz CT molecular complexity index is 3240. The third-order valence-electron chi connectivity index (χ3n) is 16.6. The number of carbonyl (C=O) groups is 10. The number of Topliss-reactive ketones (excluding diaryl/α,β-unsaturated/α-hetero) is 1. The standard InChI is InChI=1S/C64H85N13O11/c1-36(2)53(24-26-56(80)72-50(54(78)30-65)27-39-15-7-8-16-39)77(64(87)88-34-47-45-20-11-9-18-43(45)44-19-10-12-21-46(44)47)62(85)52(29-41-32-68-35-70-41)73-57(81)33-76(6)63(86)58(37(3)4)75-59(82)38(5)71-61(84)51(74-60(83)48(66)23-25-55(67)79)28-40-31-69-49-22-14-13-17-42(40)49/h9-14,17-22,31-32,35-39,47-48,50-53,58,69H,7-8,15-16,23-30,33-34,65-66H2,1-6H3,(H2,67,79)(H,68,70)(H,71,84)(H,72,80)(H,73,81)(H,74,83)(H,75,82)/t38-,48-,50-,51-,52-,53+,58-/m0/s1. The molecule has 472 valence electrons. The van der Waals surface area contributed by atoms with Gasteiger partial charge in [-0.15, -0.1) is 0 Å². The molecule has 0 saturated heterocycles. The Morgan fingerprint density at radius 1 is 0.693 bits per heavy atom. The maximum atomic E-state index is 15.4. The number of nitrogens with two attached hydrogens (primary N) is 3. The van der Waals surface area contributed by atoms with E-state index in [-0.39, 0.29) is 69.3 Å². The molecule has 24 heteroatoms. The van der Waals surface area contributed by atoms with Crippen molar-refractivity contribution in [1.29, 1.82) is 0 Å². The number of carbonyl (C=O) groups excluding carboxylic acids is 10. The number of imide groups is 1. The Morgan fingerprint density at radius 3 is 1.97 bits per heavy atom. The van der Waals surface area contributed by atoms with Crippen LogP contribution < -0.4 is 43.8 Å². The molecule has 1 saturated carbocycles. The molecule has 88 heavy (non-hydrogen) atoms. The highest BCUT2D eigenvalue weighted by molar-refractivity contribution is 5.99. The summed E-state index contributed by atoms with van der Waals surface area (Å²) in [5.74, 6) is -7.18. The van der Waals surface area contributed by atoms with Crippen LogP contribution in [0.25, 0.3) is 22.0 Å². The van der Waals surface area contributed by atoms with Gasteiger partial charge in [-0.1, -0.05) is 120 Å². The predicted molar refractivity (Wildman–Crippen MR) is 329 cm³/mol. The summed E-state index contributed by atoms with van der Waals surface area (Å²) in [5, 5.41) is 14.4. The minimum absolute atomic E-state index is 0.0160. The molecule has 2 aliphatic rings. The third kappa shape index (κ3) is 17.5. The number of imidazole rings is 1.